The first-order chi connectivity index (χ1) is 16.4. The topological polar surface area (TPSA) is 88.9 Å². The predicted molar refractivity (Wildman–Crippen MR) is 128 cm³/mol. The number of carbonyl (C=O) groups is 2. The number of esters is 2. The van der Waals surface area contributed by atoms with Gasteiger partial charge >= 0.3 is 11.9 Å². The summed E-state index contributed by atoms with van der Waals surface area (Å²) in [7, 11) is 2.50. The summed E-state index contributed by atoms with van der Waals surface area (Å²) in [6.07, 6.45) is 1.96. The number of benzene rings is 2. The summed E-state index contributed by atoms with van der Waals surface area (Å²) in [4.78, 5) is 25.6. The molecule has 8 nitrogen and oxygen atoms in total. The van der Waals surface area contributed by atoms with Gasteiger partial charge in [0.2, 0.25) is 0 Å². The van der Waals surface area contributed by atoms with Gasteiger partial charge in [0, 0.05) is 5.56 Å². The summed E-state index contributed by atoms with van der Waals surface area (Å²) in [5.41, 5.74) is 2.51. The molecule has 0 bridgehead atoms. The summed E-state index contributed by atoms with van der Waals surface area (Å²) in [5, 5.41) is 4.61. The molecule has 8 heteroatoms. The molecule has 0 saturated heterocycles. The monoisotopic (exact) mass is 464 g/mol. The first-order valence-electron chi connectivity index (χ1n) is 10.8. The van der Waals surface area contributed by atoms with Gasteiger partial charge in [-0.25, -0.2) is 14.3 Å². The summed E-state index contributed by atoms with van der Waals surface area (Å²) < 4.78 is 23.0. The van der Waals surface area contributed by atoms with Crippen molar-refractivity contribution in [2.24, 2.45) is 0 Å². The maximum absolute atomic E-state index is 12.8. The van der Waals surface area contributed by atoms with E-state index in [1.165, 1.54) is 18.9 Å². The molecule has 3 aromatic rings. The van der Waals surface area contributed by atoms with Crippen LogP contribution in [-0.4, -0.2) is 49.2 Å². The van der Waals surface area contributed by atoms with Crippen molar-refractivity contribution in [3.63, 3.8) is 0 Å². The Labute approximate surface area is 198 Å². The predicted octanol–water partition coefficient (Wildman–Crippen LogP) is 4.86. The van der Waals surface area contributed by atoms with E-state index in [0.717, 1.165) is 5.57 Å². The zero-order valence-corrected chi connectivity index (χ0v) is 20.0. The fourth-order valence-corrected chi connectivity index (χ4v) is 3.30. The number of methoxy groups -OCH3 is 2. The van der Waals surface area contributed by atoms with Crippen LogP contribution in [0.4, 0.5) is 0 Å². The minimum atomic E-state index is -0.713. The molecule has 2 aromatic carbocycles. The lowest BCUT2D eigenvalue weighted by atomic mass is 10.0. The van der Waals surface area contributed by atoms with Gasteiger partial charge in [-0.05, 0) is 57.2 Å². The molecule has 0 radical (unpaired) electrons. The molecule has 0 amide bonds. The SMILES string of the molecule is CCOc1cc(-c2nn(-c3ccccc3)c(C(=O)OC)c2C(=O)OC)ccc1OCC=C(C)C. The number of nitrogens with zero attached hydrogens (tertiary/aromatic N) is 2. The Balaban J connectivity index is 2.21. The molecule has 0 saturated carbocycles. The minimum absolute atomic E-state index is 0.00105. The quantitative estimate of drug-likeness (QED) is 0.330. The third kappa shape index (κ3) is 5.28. The Morgan fingerprint density at radius 2 is 1.65 bits per heavy atom. The van der Waals surface area contributed by atoms with Crippen molar-refractivity contribution in [2.45, 2.75) is 20.8 Å². The summed E-state index contributed by atoms with van der Waals surface area (Å²) >= 11 is 0. The molecule has 178 valence electrons. The van der Waals surface area contributed by atoms with E-state index < -0.39 is 11.9 Å². The van der Waals surface area contributed by atoms with Gasteiger partial charge in [0.1, 0.15) is 17.9 Å². The second-order valence-corrected chi connectivity index (χ2v) is 7.49. The fraction of sp³-hybridized carbons (Fsp3) is 0.269. The van der Waals surface area contributed by atoms with Crippen LogP contribution in [0.25, 0.3) is 16.9 Å². The zero-order valence-electron chi connectivity index (χ0n) is 20.0. The van der Waals surface area contributed by atoms with Crippen LogP contribution in [0.1, 0.15) is 41.6 Å². The minimum Gasteiger partial charge on any atom is -0.490 e. The van der Waals surface area contributed by atoms with Crippen molar-refractivity contribution in [1.82, 2.24) is 9.78 Å². The Hall–Kier alpha value is -4.07. The number of carbonyl (C=O) groups excluding carboxylic acids is 2. The first kappa shape index (κ1) is 24.6. The average Bonchev–Trinajstić information content (AvgIpc) is 3.25. The Bertz CT molecular complexity index is 1190. The number of ether oxygens (including phenoxy) is 4. The molecular weight excluding hydrogens is 436 g/mol. The largest absolute Gasteiger partial charge is 0.490 e. The van der Waals surface area contributed by atoms with Crippen LogP contribution in [0, 0.1) is 0 Å². The summed E-state index contributed by atoms with van der Waals surface area (Å²) in [6, 6.07) is 14.2. The molecule has 1 heterocycles. The van der Waals surface area contributed by atoms with E-state index in [1.54, 1.807) is 42.5 Å². The van der Waals surface area contributed by atoms with Crippen LogP contribution >= 0.6 is 0 Å². The van der Waals surface area contributed by atoms with E-state index >= 15 is 0 Å². The Kier molecular flexibility index (Phi) is 8.08. The Morgan fingerprint density at radius 3 is 2.26 bits per heavy atom. The van der Waals surface area contributed by atoms with Crippen molar-refractivity contribution in [1.29, 1.82) is 0 Å². The second-order valence-electron chi connectivity index (χ2n) is 7.49. The smallest absolute Gasteiger partial charge is 0.357 e. The maximum Gasteiger partial charge on any atom is 0.357 e. The van der Waals surface area contributed by atoms with Crippen molar-refractivity contribution in [3.8, 4) is 28.4 Å². The average molecular weight is 465 g/mol. The molecule has 3 rings (SSSR count). The van der Waals surface area contributed by atoms with Crippen LogP contribution in [0.15, 0.2) is 60.2 Å². The van der Waals surface area contributed by atoms with Crippen molar-refractivity contribution >= 4 is 11.9 Å². The molecule has 0 aliphatic rings. The second kappa shape index (κ2) is 11.2. The van der Waals surface area contributed by atoms with E-state index in [0.29, 0.717) is 36.0 Å². The van der Waals surface area contributed by atoms with Crippen LogP contribution < -0.4 is 9.47 Å². The van der Waals surface area contributed by atoms with E-state index in [1.807, 2.05) is 32.9 Å². The van der Waals surface area contributed by atoms with Crippen LogP contribution in [0.2, 0.25) is 0 Å². The van der Waals surface area contributed by atoms with Gasteiger partial charge in [0.05, 0.1) is 26.5 Å². The van der Waals surface area contributed by atoms with E-state index in [-0.39, 0.29) is 17.0 Å². The number of aromatic nitrogens is 2. The van der Waals surface area contributed by atoms with Crippen LogP contribution in [0.3, 0.4) is 0 Å². The third-order valence-corrected chi connectivity index (χ3v) is 4.90. The highest BCUT2D eigenvalue weighted by Crippen LogP contribution is 2.35. The third-order valence-electron chi connectivity index (χ3n) is 4.90. The summed E-state index contributed by atoms with van der Waals surface area (Å²) in [6.45, 7) is 6.66. The van der Waals surface area contributed by atoms with Gasteiger partial charge in [-0.1, -0.05) is 23.8 Å². The van der Waals surface area contributed by atoms with Crippen LogP contribution in [-0.2, 0) is 9.47 Å². The van der Waals surface area contributed by atoms with Crippen molar-refractivity contribution in [3.05, 3.63) is 71.4 Å². The van der Waals surface area contributed by atoms with Gasteiger partial charge in [-0.15, -0.1) is 0 Å². The summed E-state index contributed by atoms with van der Waals surface area (Å²) in [5.74, 6) is -0.376. The van der Waals surface area contributed by atoms with Gasteiger partial charge < -0.3 is 18.9 Å². The molecule has 0 aliphatic carbocycles. The molecule has 34 heavy (non-hydrogen) atoms. The number of rotatable bonds is 9. The Morgan fingerprint density at radius 1 is 0.941 bits per heavy atom. The van der Waals surface area contributed by atoms with Crippen molar-refractivity contribution in [2.75, 3.05) is 27.4 Å². The normalized spacial score (nSPS) is 10.4. The van der Waals surface area contributed by atoms with Gasteiger partial charge in [-0.3, -0.25) is 0 Å². The van der Waals surface area contributed by atoms with Gasteiger partial charge in [0.25, 0.3) is 0 Å². The zero-order chi connectivity index (χ0) is 24.7. The molecule has 0 N–H and O–H groups in total. The van der Waals surface area contributed by atoms with E-state index in [4.69, 9.17) is 18.9 Å². The number of para-hydroxylation sites is 1. The highest BCUT2D eigenvalue weighted by molar-refractivity contribution is 6.06. The molecular formula is C26H28N2O6. The van der Waals surface area contributed by atoms with E-state index in [2.05, 4.69) is 5.10 Å². The lowest BCUT2D eigenvalue weighted by molar-refractivity contribution is 0.0549. The first-order valence-corrected chi connectivity index (χ1v) is 10.8. The lowest BCUT2D eigenvalue weighted by Crippen LogP contribution is -2.15. The number of hydrogen-bond acceptors (Lipinski definition) is 7. The van der Waals surface area contributed by atoms with Crippen LogP contribution in [0.5, 0.6) is 11.5 Å². The molecule has 0 fully saturated rings. The van der Waals surface area contributed by atoms with Gasteiger partial charge in [-0.2, -0.15) is 5.10 Å². The lowest BCUT2D eigenvalue weighted by Gasteiger charge is -2.12. The maximum atomic E-state index is 12.8. The van der Waals surface area contributed by atoms with E-state index in [9.17, 15) is 9.59 Å². The standard InChI is InChI=1S/C26H28N2O6/c1-6-33-21-16-18(12-13-20(21)34-15-14-17(2)3)23-22(25(29)31-4)24(26(30)32-5)28(27-23)19-10-8-7-9-11-19/h7-14,16H,6,15H2,1-5H3. The van der Waals surface area contributed by atoms with Gasteiger partial charge in [0.15, 0.2) is 17.2 Å². The molecule has 1 aromatic heterocycles. The number of allylic oxidation sites excluding steroid dienone is 1. The molecule has 0 unspecified atom stereocenters. The molecule has 0 spiro atoms. The fourth-order valence-electron chi connectivity index (χ4n) is 3.30. The highest BCUT2D eigenvalue weighted by atomic mass is 16.5. The highest BCUT2D eigenvalue weighted by Gasteiger charge is 2.31. The molecule has 0 atom stereocenters. The molecule has 0 aliphatic heterocycles. The van der Waals surface area contributed by atoms with Crippen molar-refractivity contribution < 1.29 is 28.5 Å². The number of hydrogen-bond donors (Lipinski definition) is 0.